The van der Waals surface area contributed by atoms with Gasteiger partial charge >= 0.3 is 0 Å². The predicted molar refractivity (Wildman–Crippen MR) is 86.0 cm³/mol. The standard InChI is InChI=1S/C13H27N3O3S.ClH/c1-15(9-10-19-2)20(17,18)16-7-5-13(6-8-16)14-11-12-3-4-12;/h12-14H,3-11H2,1-2H3;1H. The molecule has 1 aliphatic heterocycles. The summed E-state index contributed by atoms with van der Waals surface area (Å²) in [4.78, 5) is 0. The third-order valence-corrected chi connectivity index (χ3v) is 6.16. The molecule has 0 amide bonds. The lowest BCUT2D eigenvalue weighted by atomic mass is 10.1. The number of ether oxygens (including phenoxy) is 1. The van der Waals surface area contributed by atoms with Crippen molar-refractivity contribution in [2.24, 2.45) is 5.92 Å². The third-order valence-electron chi connectivity index (χ3n) is 4.18. The number of hydrogen-bond donors (Lipinski definition) is 1. The van der Waals surface area contributed by atoms with Gasteiger partial charge in [-0.05, 0) is 38.1 Å². The summed E-state index contributed by atoms with van der Waals surface area (Å²) in [6, 6.07) is 0.478. The molecule has 21 heavy (non-hydrogen) atoms. The van der Waals surface area contributed by atoms with Crippen molar-refractivity contribution >= 4 is 22.6 Å². The highest BCUT2D eigenvalue weighted by Gasteiger charge is 2.31. The summed E-state index contributed by atoms with van der Waals surface area (Å²) in [6.45, 7) is 3.16. The number of rotatable bonds is 8. The third kappa shape index (κ3) is 5.65. The highest BCUT2D eigenvalue weighted by molar-refractivity contribution is 7.86. The number of piperidine rings is 1. The molecule has 2 fully saturated rings. The molecule has 0 atom stereocenters. The number of hydrogen-bond acceptors (Lipinski definition) is 4. The van der Waals surface area contributed by atoms with Crippen LogP contribution in [0.15, 0.2) is 0 Å². The molecule has 2 rings (SSSR count). The van der Waals surface area contributed by atoms with Crippen LogP contribution >= 0.6 is 12.4 Å². The highest BCUT2D eigenvalue weighted by Crippen LogP contribution is 2.28. The predicted octanol–water partition coefficient (Wildman–Crippen LogP) is 0.695. The lowest BCUT2D eigenvalue weighted by Crippen LogP contribution is -2.49. The van der Waals surface area contributed by atoms with Crippen LogP contribution in [0.5, 0.6) is 0 Å². The zero-order valence-electron chi connectivity index (χ0n) is 13.0. The van der Waals surface area contributed by atoms with Crippen LogP contribution in [0, 0.1) is 5.92 Å². The molecule has 0 aromatic carbocycles. The van der Waals surface area contributed by atoms with E-state index >= 15 is 0 Å². The van der Waals surface area contributed by atoms with Gasteiger partial charge in [0.2, 0.25) is 0 Å². The van der Waals surface area contributed by atoms with Gasteiger partial charge in [-0.3, -0.25) is 0 Å². The number of nitrogens with one attached hydrogen (secondary N) is 1. The Kier molecular flexibility index (Phi) is 7.87. The van der Waals surface area contributed by atoms with E-state index in [-0.39, 0.29) is 12.4 Å². The molecule has 1 saturated heterocycles. The van der Waals surface area contributed by atoms with Crippen LogP contribution < -0.4 is 5.32 Å². The van der Waals surface area contributed by atoms with E-state index in [1.54, 1.807) is 18.5 Å². The van der Waals surface area contributed by atoms with E-state index in [0.29, 0.717) is 32.3 Å². The molecule has 2 aliphatic rings. The first-order valence-corrected chi connectivity index (χ1v) is 8.87. The Bertz CT molecular complexity index is 395. The number of methoxy groups -OCH3 is 1. The monoisotopic (exact) mass is 341 g/mol. The Morgan fingerprint density at radius 2 is 1.86 bits per heavy atom. The molecule has 1 aliphatic carbocycles. The van der Waals surface area contributed by atoms with E-state index in [0.717, 1.165) is 25.3 Å². The Balaban J connectivity index is 0.00000220. The van der Waals surface area contributed by atoms with Crippen LogP contribution in [-0.4, -0.2) is 70.0 Å². The number of likely N-dealkylation sites (N-methyl/N-ethyl adjacent to an activating group) is 1. The van der Waals surface area contributed by atoms with Crippen LogP contribution in [0.1, 0.15) is 25.7 Å². The fraction of sp³-hybridized carbons (Fsp3) is 1.00. The summed E-state index contributed by atoms with van der Waals surface area (Å²) in [5.41, 5.74) is 0. The molecule has 1 N–H and O–H groups in total. The van der Waals surface area contributed by atoms with E-state index < -0.39 is 10.2 Å². The molecule has 0 unspecified atom stereocenters. The molecule has 8 heteroatoms. The minimum Gasteiger partial charge on any atom is -0.383 e. The maximum atomic E-state index is 12.4. The van der Waals surface area contributed by atoms with Crippen molar-refractivity contribution in [3.8, 4) is 0 Å². The van der Waals surface area contributed by atoms with Crippen LogP contribution in [-0.2, 0) is 14.9 Å². The van der Waals surface area contributed by atoms with Gasteiger partial charge < -0.3 is 10.1 Å². The largest absolute Gasteiger partial charge is 0.383 e. The van der Waals surface area contributed by atoms with Crippen molar-refractivity contribution in [3.63, 3.8) is 0 Å². The van der Waals surface area contributed by atoms with Gasteiger partial charge in [0.25, 0.3) is 10.2 Å². The summed E-state index contributed by atoms with van der Waals surface area (Å²) in [5, 5.41) is 3.56. The van der Waals surface area contributed by atoms with Crippen molar-refractivity contribution < 1.29 is 13.2 Å². The lowest BCUT2D eigenvalue weighted by molar-refractivity contribution is 0.180. The second kappa shape index (κ2) is 8.64. The fourth-order valence-corrected chi connectivity index (χ4v) is 3.85. The lowest BCUT2D eigenvalue weighted by Gasteiger charge is -2.34. The van der Waals surface area contributed by atoms with Crippen molar-refractivity contribution in [2.45, 2.75) is 31.7 Å². The molecule has 0 aromatic rings. The SMILES string of the molecule is COCCN(C)S(=O)(=O)N1CCC(NCC2CC2)CC1.Cl. The second-order valence-corrected chi connectivity index (χ2v) is 7.88. The molecule has 0 bridgehead atoms. The first kappa shape index (κ1) is 19.1. The summed E-state index contributed by atoms with van der Waals surface area (Å²) in [5.74, 6) is 0.872. The van der Waals surface area contributed by atoms with Crippen LogP contribution in [0.25, 0.3) is 0 Å². The summed E-state index contributed by atoms with van der Waals surface area (Å²) in [6.07, 6.45) is 4.52. The van der Waals surface area contributed by atoms with Gasteiger partial charge in [-0.15, -0.1) is 12.4 Å². The molecule has 1 heterocycles. The van der Waals surface area contributed by atoms with Crippen molar-refractivity contribution in [1.29, 1.82) is 0 Å². The van der Waals surface area contributed by atoms with E-state index in [9.17, 15) is 8.42 Å². The average molecular weight is 342 g/mol. The van der Waals surface area contributed by atoms with E-state index in [4.69, 9.17) is 4.74 Å². The zero-order chi connectivity index (χ0) is 14.6. The maximum absolute atomic E-state index is 12.4. The molecule has 6 nitrogen and oxygen atoms in total. The van der Waals surface area contributed by atoms with Gasteiger partial charge in [0.15, 0.2) is 0 Å². The highest BCUT2D eigenvalue weighted by atomic mass is 35.5. The normalized spacial score (nSPS) is 21.5. The van der Waals surface area contributed by atoms with Gasteiger partial charge in [0.05, 0.1) is 6.61 Å². The summed E-state index contributed by atoms with van der Waals surface area (Å²) < 4.78 is 32.6. The summed E-state index contributed by atoms with van der Waals surface area (Å²) in [7, 11) is -0.120. The Labute approximate surface area is 134 Å². The average Bonchev–Trinajstić information content (AvgIpc) is 3.27. The number of halogens is 1. The Hall–Kier alpha value is 0.0800. The van der Waals surface area contributed by atoms with Gasteiger partial charge in [0.1, 0.15) is 0 Å². The molecule has 1 saturated carbocycles. The van der Waals surface area contributed by atoms with Crippen molar-refractivity contribution in [3.05, 3.63) is 0 Å². The van der Waals surface area contributed by atoms with E-state index in [1.807, 2.05) is 0 Å². The van der Waals surface area contributed by atoms with Crippen LogP contribution in [0.3, 0.4) is 0 Å². The molecule has 0 radical (unpaired) electrons. The zero-order valence-corrected chi connectivity index (χ0v) is 14.6. The topological polar surface area (TPSA) is 61.9 Å². The van der Waals surface area contributed by atoms with Crippen molar-refractivity contribution in [2.75, 3.05) is 46.9 Å². The summed E-state index contributed by atoms with van der Waals surface area (Å²) >= 11 is 0. The van der Waals surface area contributed by atoms with Gasteiger partial charge in [0, 0.05) is 39.8 Å². The minimum atomic E-state index is -3.32. The molecule has 0 aromatic heterocycles. The van der Waals surface area contributed by atoms with E-state index in [1.165, 1.54) is 17.1 Å². The van der Waals surface area contributed by atoms with Crippen LogP contribution in [0.2, 0.25) is 0 Å². The Morgan fingerprint density at radius 3 is 2.38 bits per heavy atom. The first-order valence-electron chi connectivity index (χ1n) is 7.47. The molecule has 0 spiro atoms. The molecular formula is C13H28ClN3O3S. The first-order chi connectivity index (χ1) is 9.54. The fourth-order valence-electron chi connectivity index (χ4n) is 2.48. The van der Waals surface area contributed by atoms with Gasteiger partial charge in [-0.2, -0.15) is 17.0 Å². The quantitative estimate of drug-likeness (QED) is 0.706. The Morgan fingerprint density at radius 1 is 1.24 bits per heavy atom. The molecule has 126 valence electrons. The van der Waals surface area contributed by atoms with Gasteiger partial charge in [-0.25, -0.2) is 0 Å². The molecular weight excluding hydrogens is 314 g/mol. The van der Waals surface area contributed by atoms with Crippen molar-refractivity contribution in [1.82, 2.24) is 13.9 Å². The van der Waals surface area contributed by atoms with E-state index in [2.05, 4.69) is 5.32 Å². The maximum Gasteiger partial charge on any atom is 0.281 e. The minimum absolute atomic E-state index is 0. The smallest absolute Gasteiger partial charge is 0.281 e. The number of nitrogens with zero attached hydrogens (tertiary/aromatic N) is 2. The second-order valence-electron chi connectivity index (χ2n) is 5.85. The van der Waals surface area contributed by atoms with Gasteiger partial charge in [-0.1, -0.05) is 0 Å². The van der Waals surface area contributed by atoms with Crippen LogP contribution in [0.4, 0.5) is 0 Å².